The van der Waals surface area contributed by atoms with Crippen molar-refractivity contribution in [1.29, 1.82) is 0 Å². The molecule has 1 N–H and O–H groups in total. The molecule has 1 aromatic heterocycles. The van der Waals surface area contributed by atoms with Gasteiger partial charge in [0.05, 0.1) is 30.2 Å². The minimum absolute atomic E-state index is 0.0628. The van der Waals surface area contributed by atoms with Crippen molar-refractivity contribution in [1.82, 2.24) is 0 Å². The summed E-state index contributed by atoms with van der Waals surface area (Å²) in [7, 11) is 3.10. The number of esters is 1. The highest BCUT2D eigenvalue weighted by Gasteiger charge is 2.23. The Bertz CT molecular complexity index is 1210. The van der Waals surface area contributed by atoms with Crippen molar-refractivity contribution in [2.75, 3.05) is 37.5 Å². The highest BCUT2D eigenvalue weighted by atomic mass is 16.5. The number of hydrogen-bond donors (Lipinski definition) is 1. The molecule has 1 aliphatic rings. The van der Waals surface area contributed by atoms with Crippen molar-refractivity contribution in [3.05, 3.63) is 69.4 Å². The molecule has 33 heavy (non-hydrogen) atoms. The molecule has 0 amide bonds. The SMILES string of the molecule is COC(=O)c1ccccc1NC(C)c1cc(C)cc2c(=O)cc(N3CCC(OC)CC3)oc12. The summed E-state index contributed by atoms with van der Waals surface area (Å²) in [5, 5.41) is 3.95. The number of benzene rings is 2. The van der Waals surface area contributed by atoms with Crippen LogP contribution in [0.25, 0.3) is 11.0 Å². The van der Waals surface area contributed by atoms with Crippen molar-refractivity contribution in [3.8, 4) is 0 Å². The number of carbonyl (C=O) groups excluding carboxylic acids is 1. The van der Waals surface area contributed by atoms with Crippen molar-refractivity contribution in [2.24, 2.45) is 0 Å². The van der Waals surface area contributed by atoms with Crippen molar-refractivity contribution in [2.45, 2.75) is 38.8 Å². The first-order chi connectivity index (χ1) is 15.9. The molecule has 1 atom stereocenters. The van der Waals surface area contributed by atoms with Gasteiger partial charge in [0, 0.05) is 37.5 Å². The molecule has 0 bridgehead atoms. The number of methoxy groups -OCH3 is 2. The number of anilines is 2. The summed E-state index contributed by atoms with van der Waals surface area (Å²) in [6.07, 6.45) is 2.02. The van der Waals surface area contributed by atoms with E-state index in [0.29, 0.717) is 28.1 Å². The van der Waals surface area contributed by atoms with Gasteiger partial charge >= 0.3 is 5.97 Å². The quantitative estimate of drug-likeness (QED) is 0.546. The summed E-state index contributed by atoms with van der Waals surface area (Å²) in [5.41, 5.74) is 3.43. The molecule has 7 nitrogen and oxygen atoms in total. The molecule has 174 valence electrons. The summed E-state index contributed by atoms with van der Waals surface area (Å²) in [4.78, 5) is 27.3. The Balaban J connectivity index is 1.72. The molecule has 0 saturated carbocycles. The van der Waals surface area contributed by atoms with Gasteiger partial charge in [-0.3, -0.25) is 4.79 Å². The molecule has 3 aromatic rings. The molecule has 0 radical (unpaired) electrons. The summed E-state index contributed by atoms with van der Waals surface area (Å²) >= 11 is 0. The third-order valence-corrected chi connectivity index (χ3v) is 6.25. The first-order valence-electron chi connectivity index (χ1n) is 11.2. The lowest BCUT2D eigenvalue weighted by atomic mass is 10.0. The molecule has 1 unspecified atom stereocenters. The van der Waals surface area contributed by atoms with Crippen molar-refractivity contribution in [3.63, 3.8) is 0 Å². The Labute approximate surface area is 193 Å². The fourth-order valence-electron chi connectivity index (χ4n) is 4.42. The van der Waals surface area contributed by atoms with Gasteiger partial charge in [-0.1, -0.05) is 18.2 Å². The molecule has 1 fully saturated rings. The number of carbonyl (C=O) groups is 1. The van der Waals surface area contributed by atoms with Gasteiger partial charge in [0.15, 0.2) is 11.3 Å². The van der Waals surface area contributed by atoms with E-state index in [1.54, 1.807) is 25.3 Å². The molecule has 2 aromatic carbocycles. The van der Waals surface area contributed by atoms with E-state index in [2.05, 4.69) is 10.2 Å². The molecule has 2 heterocycles. The Morgan fingerprint density at radius 1 is 1.15 bits per heavy atom. The van der Waals surface area contributed by atoms with Gasteiger partial charge < -0.3 is 24.1 Å². The maximum atomic E-state index is 13.0. The van der Waals surface area contributed by atoms with E-state index >= 15 is 0 Å². The molecule has 1 saturated heterocycles. The summed E-state index contributed by atoms with van der Waals surface area (Å²) < 4.78 is 16.7. The number of fused-ring (bicyclic) bond motifs is 1. The van der Waals surface area contributed by atoms with Crippen LogP contribution in [0.1, 0.15) is 47.3 Å². The lowest BCUT2D eigenvalue weighted by Gasteiger charge is -2.31. The van der Waals surface area contributed by atoms with E-state index in [1.165, 1.54) is 7.11 Å². The third-order valence-electron chi connectivity index (χ3n) is 6.25. The minimum Gasteiger partial charge on any atom is -0.465 e. The largest absolute Gasteiger partial charge is 0.465 e. The molecule has 4 rings (SSSR count). The zero-order chi connectivity index (χ0) is 23.5. The highest BCUT2D eigenvalue weighted by Crippen LogP contribution is 2.31. The average Bonchev–Trinajstić information content (AvgIpc) is 2.83. The van der Waals surface area contributed by atoms with Crippen LogP contribution in [0.15, 0.2) is 51.7 Å². The van der Waals surface area contributed by atoms with Crippen LogP contribution in [0.5, 0.6) is 0 Å². The Kier molecular flexibility index (Phi) is 6.70. The van der Waals surface area contributed by atoms with Gasteiger partial charge in [-0.25, -0.2) is 4.79 Å². The van der Waals surface area contributed by atoms with Crippen LogP contribution < -0.4 is 15.6 Å². The lowest BCUT2D eigenvalue weighted by molar-refractivity contribution is 0.0601. The zero-order valence-electron chi connectivity index (χ0n) is 19.5. The van der Waals surface area contributed by atoms with Gasteiger partial charge in [-0.2, -0.15) is 0 Å². The van der Waals surface area contributed by atoms with E-state index in [0.717, 1.165) is 37.1 Å². The van der Waals surface area contributed by atoms with Crippen LogP contribution in [0.2, 0.25) is 0 Å². The molecule has 1 aliphatic heterocycles. The number of nitrogens with zero attached hydrogens (tertiary/aromatic N) is 1. The lowest BCUT2D eigenvalue weighted by Crippen LogP contribution is -2.37. The molecule has 0 spiro atoms. The number of hydrogen-bond acceptors (Lipinski definition) is 7. The number of aryl methyl sites for hydroxylation is 1. The summed E-state index contributed by atoms with van der Waals surface area (Å²) in [6.45, 7) is 5.49. The Hall–Kier alpha value is -3.32. The fraction of sp³-hybridized carbons (Fsp3) is 0.385. The van der Waals surface area contributed by atoms with E-state index in [1.807, 2.05) is 38.1 Å². The average molecular weight is 451 g/mol. The maximum absolute atomic E-state index is 13.0. The van der Waals surface area contributed by atoms with Gasteiger partial charge in [-0.05, 0) is 50.5 Å². The number of nitrogens with one attached hydrogen (secondary N) is 1. The van der Waals surface area contributed by atoms with Gasteiger partial charge in [0.25, 0.3) is 0 Å². The predicted octanol–water partition coefficient (Wildman–Crippen LogP) is 4.68. The highest BCUT2D eigenvalue weighted by molar-refractivity contribution is 5.95. The van der Waals surface area contributed by atoms with Crippen LogP contribution in [0.3, 0.4) is 0 Å². The molecular weight excluding hydrogens is 420 g/mol. The van der Waals surface area contributed by atoms with Crippen LogP contribution in [-0.2, 0) is 9.47 Å². The van der Waals surface area contributed by atoms with E-state index in [-0.39, 0.29) is 17.6 Å². The molecular formula is C26H30N2O5. The van der Waals surface area contributed by atoms with Crippen LogP contribution in [0, 0.1) is 6.92 Å². The smallest absolute Gasteiger partial charge is 0.339 e. The number of piperidine rings is 1. The van der Waals surface area contributed by atoms with Crippen LogP contribution >= 0.6 is 0 Å². The monoisotopic (exact) mass is 450 g/mol. The van der Waals surface area contributed by atoms with Gasteiger partial charge in [-0.15, -0.1) is 0 Å². The Morgan fingerprint density at radius 3 is 2.58 bits per heavy atom. The zero-order valence-corrected chi connectivity index (χ0v) is 19.5. The van der Waals surface area contributed by atoms with E-state index in [4.69, 9.17) is 13.9 Å². The molecule has 7 heteroatoms. The summed E-state index contributed by atoms with van der Waals surface area (Å²) in [5.74, 6) is 0.169. The first-order valence-corrected chi connectivity index (χ1v) is 11.2. The Morgan fingerprint density at radius 2 is 1.88 bits per heavy atom. The second-order valence-electron chi connectivity index (χ2n) is 8.51. The van der Waals surface area contributed by atoms with Gasteiger partial charge in [0.2, 0.25) is 0 Å². The van der Waals surface area contributed by atoms with E-state index in [9.17, 15) is 9.59 Å². The van der Waals surface area contributed by atoms with Crippen LogP contribution in [-0.4, -0.2) is 39.4 Å². The second kappa shape index (κ2) is 9.67. The van der Waals surface area contributed by atoms with Crippen molar-refractivity contribution >= 4 is 28.5 Å². The first kappa shape index (κ1) is 22.9. The summed E-state index contributed by atoms with van der Waals surface area (Å²) in [6, 6.07) is 12.4. The third kappa shape index (κ3) is 4.73. The maximum Gasteiger partial charge on any atom is 0.339 e. The topological polar surface area (TPSA) is 81.0 Å². The fourth-order valence-corrected chi connectivity index (χ4v) is 4.42. The second-order valence-corrected chi connectivity index (χ2v) is 8.51. The van der Waals surface area contributed by atoms with Gasteiger partial charge in [0.1, 0.15) is 5.58 Å². The van der Waals surface area contributed by atoms with E-state index < -0.39 is 5.97 Å². The number of ether oxygens (including phenoxy) is 2. The van der Waals surface area contributed by atoms with Crippen LogP contribution in [0.4, 0.5) is 11.6 Å². The number of rotatable bonds is 6. The standard InChI is InChI=1S/C26H30N2O5/c1-16-13-20(17(2)27-22-8-6-5-7-19(22)26(30)32-4)25-21(14-16)23(29)15-24(33-25)28-11-9-18(31-3)10-12-28/h5-8,13-15,17-18,27H,9-12H2,1-4H3. The number of para-hydroxylation sites is 1. The predicted molar refractivity (Wildman–Crippen MR) is 129 cm³/mol. The van der Waals surface area contributed by atoms with Crippen molar-refractivity contribution < 1.29 is 18.7 Å². The normalized spacial score (nSPS) is 15.5. The minimum atomic E-state index is -0.410. The molecule has 0 aliphatic carbocycles.